The minimum atomic E-state index is -0.298. The third-order valence-corrected chi connectivity index (χ3v) is 3.10. The summed E-state index contributed by atoms with van der Waals surface area (Å²) in [7, 11) is 0. The lowest BCUT2D eigenvalue weighted by Crippen LogP contribution is -2.24. The van der Waals surface area contributed by atoms with E-state index in [9.17, 15) is 9.18 Å². The lowest BCUT2D eigenvalue weighted by molar-refractivity contribution is 0.0946. The van der Waals surface area contributed by atoms with E-state index in [0.717, 1.165) is 24.9 Å². The summed E-state index contributed by atoms with van der Waals surface area (Å²) in [6.07, 6.45) is 3.49. The van der Waals surface area contributed by atoms with E-state index < -0.39 is 0 Å². The van der Waals surface area contributed by atoms with Crippen LogP contribution in [0.3, 0.4) is 0 Å². The molecule has 2 N–H and O–H groups in total. The monoisotopic (exact) mass is 302 g/mol. The summed E-state index contributed by atoms with van der Waals surface area (Å²) in [6.45, 7) is 3.24. The van der Waals surface area contributed by atoms with Crippen molar-refractivity contribution in [3.05, 3.63) is 53.7 Å². The molecule has 6 heteroatoms. The Morgan fingerprint density at radius 3 is 2.73 bits per heavy atom. The summed E-state index contributed by atoms with van der Waals surface area (Å²) in [6, 6.07) is 7.61. The van der Waals surface area contributed by atoms with Crippen LogP contribution in [0.2, 0.25) is 0 Å². The van der Waals surface area contributed by atoms with Gasteiger partial charge in [0.2, 0.25) is 0 Å². The second kappa shape index (κ2) is 8.07. The van der Waals surface area contributed by atoms with Gasteiger partial charge in [-0.05, 0) is 24.1 Å². The van der Waals surface area contributed by atoms with E-state index in [1.54, 1.807) is 18.2 Å². The molecule has 2 aromatic rings. The van der Waals surface area contributed by atoms with Crippen LogP contribution >= 0.6 is 0 Å². The molecule has 0 aliphatic carbocycles. The van der Waals surface area contributed by atoms with Crippen molar-refractivity contribution >= 4 is 11.7 Å². The molecular formula is C16H19FN4O. The standard InChI is InChI=1S/C16H19FN4O/c1-2-3-8-18-15-9-14(20-11-21-15)16(22)19-10-12-4-6-13(17)7-5-12/h4-7,9,11H,2-3,8,10H2,1H3,(H,19,22)(H,18,20,21). The van der Waals surface area contributed by atoms with Gasteiger partial charge in [0, 0.05) is 19.2 Å². The summed E-state index contributed by atoms with van der Waals surface area (Å²) in [5, 5.41) is 5.90. The molecule has 2 rings (SSSR count). The lowest BCUT2D eigenvalue weighted by atomic mass is 10.2. The molecular weight excluding hydrogens is 283 g/mol. The molecule has 0 aliphatic rings. The topological polar surface area (TPSA) is 66.9 Å². The van der Waals surface area contributed by atoms with E-state index in [1.807, 2.05) is 0 Å². The van der Waals surface area contributed by atoms with E-state index in [1.165, 1.54) is 18.5 Å². The molecule has 0 radical (unpaired) electrons. The van der Waals surface area contributed by atoms with Crippen molar-refractivity contribution in [1.29, 1.82) is 0 Å². The first-order valence-electron chi connectivity index (χ1n) is 7.27. The number of nitrogens with one attached hydrogen (secondary N) is 2. The molecule has 0 saturated carbocycles. The van der Waals surface area contributed by atoms with Gasteiger partial charge < -0.3 is 10.6 Å². The summed E-state index contributed by atoms with van der Waals surface area (Å²) in [5.74, 6) is 0.0503. The van der Waals surface area contributed by atoms with E-state index in [2.05, 4.69) is 27.5 Å². The highest BCUT2D eigenvalue weighted by molar-refractivity contribution is 5.92. The number of hydrogen-bond donors (Lipinski definition) is 2. The van der Waals surface area contributed by atoms with Gasteiger partial charge >= 0.3 is 0 Å². The fourth-order valence-corrected chi connectivity index (χ4v) is 1.85. The molecule has 1 heterocycles. The molecule has 5 nitrogen and oxygen atoms in total. The smallest absolute Gasteiger partial charge is 0.270 e. The quantitative estimate of drug-likeness (QED) is 0.772. The Balaban J connectivity index is 1.91. The maximum atomic E-state index is 12.8. The van der Waals surface area contributed by atoms with Crippen LogP contribution in [0.4, 0.5) is 10.2 Å². The largest absolute Gasteiger partial charge is 0.370 e. The predicted octanol–water partition coefficient (Wildman–Crippen LogP) is 2.76. The highest BCUT2D eigenvalue weighted by atomic mass is 19.1. The maximum Gasteiger partial charge on any atom is 0.270 e. The van der Waals surface area contributed by atoms with Crippen LogP contribution in [0.25, 0.3) is 0 Å². The Morgan fingerprint density at radius 1 is 1.23 bits per heavy atom. The van der Waals surface area contributed by atoms with Crippen molar-refractivity contribution in [1.82, 2.24) is 15.3 Å². The molecule has 0 fully saturated rings. The van der Waals surface area contributed by atoms with E-state index in [0.29, 0.717) is 18.1 Å². The van der Waals surface area contributed by atoms with Crippen LogP contribution in [0, 0.1) is 5.82 Å². The Kier molecular flexibility index (Phi) is 5.82. The number of anilines is 1. The van der Waals surface area contributed by atoms with Gasteiger partial charge in [0.25, 0.3) is 5.91 Å². The Hall–Kier alpha value is -2.50. The molecule has 1 aromatic heterocycles. The first kappa shape index (κ1) is 15.9. The van der Waals surface area contributed by atoms with Crippen LogP contribution < -0.4 is 10.6 Å². The van der Waals surface area contributed by atoms with Crippen molar-refractivity contribution in [3.63, 3.8) is 0 Å². The van der Waals surface area contributed by atoms with Crippen molar-refractivity contribution < 1.29 is 9.18 Å². The molecule has 22 heavy (non-hydrogen) atoms. The molecule has 0 atom stereocenters. The number of halogens is 1. The Labute approximate surface area is 129 Å². The summed E-state index contributed by atoms with van der Waals surface area (Å²) in [5.41, 5.74) is 1.13. The summed E-state index contributed by atoms with van der Waals surface area (Å²) < 4.78 is 12.8. The summed E-state index contributed by atoms with van der Waals surface area (Å²) in [4.78, 5) is 20.1. The number of carbonyl (C=O) groups is 1. The Bertz CT molecular complexity index is 616. The number of aromatic nitrogens is 2. The number of unbranched alkanes of at least 4 members (excludes halogenated alkanes) is 1. The molecule has 0 saturated heterocycles. The van der Waals surface area contributed by atoms with Gasteiger partial charge in [-0.2, -0.15) is 0 Å². The van der Waals surface area contributed by atoms with Crippen molar-refractivity contribution in [2.45, 2.75) is 26.3 Å². The number of hydrogen-bond acceptors (Lipinski definition) is 4. The molecule has 1 aromatic carbocycles. The molecule has 0 aliphatic heterocycles. The number of carbonyl (C=O) groups excluding carboxylic acids is 1. The zero-order valence-electron chi connectivity index (χ0n) is 12.5. The van der Waals surface area contributed by atoms with Crippen molar-refractivity contribution in [2.75, 3.05) is 11.9 Å². The first-order chi connectivity index (χ1) is 10.7. The zero-order valence-corrected chi connectivity index (χ0v) is 12.5. The highest BCUT2D eigenvalue weighted by Crippen LogP contribution is 2.06. The minimum Gasteiger partial charge on any atom is -0.370 e. The normalized spacial score (nSPS) is 10.3. The molecule has 0 bridgehead atoms. The van der Waals surface area contributed by atoms with Crippen LogP contribution in [0.15, 0.2) is 36.7 Å². The third kappa shape index (κ3) is 4.80. The predicted molar refractivity (Wildman–Crippen MR) is 83.0 cm³/mol. The van der Waals surface area contributed by atoms with Gasteiger partial charge in [-0.15, -0.1) is 0 Å². The highest BCUT2D eigenvalue weighted by Gasteiger charge is 2.08. The zero-order chi connectivity index (χ0) is 15.8. The van der Waals surface area contributed by atoms with Crippen LogP contribution in [-0.4, -0.2) is 22.4 Å². The first-order valence-corrected chi connectivity index (χ1v) is 7.27. The number of benzene rings is 1. The average Bonchev–Trinajstić information content (AvgIpc) is 2.54. The number of nitrogens with zero attached hydrogens (tertiary/aromatic N) is 2. The van der Waals surface area contributed by atoms with E-state index >= 15 is 0 Å². The molecule has 116 valence electrons. The molecule has 0 spiro atoms. The lowest BCUT2D eigenvalue weighted by Gasteiger charge is -2.07. The summed E-state index contributed by atoms with van der Waals surface area (Å²) >= 11 is 0. The van der Waals surface area contributed by atoms with E-state index in [4.69, 9.17) is 0 Å². The third-order valence-electron chi connectivity index (χ3n) is 3.10. The Morgan fingerprint density at radius 2 is 2.00 bits per heavy atom. The van der Waals surface area contributed by atoms with Gasteiger partial charge in [0.15, 0.2) is 0 Å². The maximum absolute atomic E-state index is 12.8. The number of rotatable bonds is 7. The van der Waals surface area contributed by atoms with E-state index in [-0.39, 0.29) is 11.7 Å². The van der Waals surface area contributed by atoms with Gasteiger partial charge in [0.1, 0.15) is 23.7 Å². The van der Waals surface area contributed by atoms with Gasteiger partial charge in [-0.25, -0.2) is 14.4 Å². The SMILES string of the molecule is CCCCNc1cc(C(=O)NCc2ccc(F)cc2)ncn1. The minimum absolute atomic E-state index is 0.287. The number of amides is 1. The van der Waals surface area contributed by atoms with Crippen LogP contribution in [0.1, 0.15) is 35.8 Å². The van der Waals surface area contributed by atoms with Crippen LogP contribution in [-0.2, 0) is 6.54 Å². The van der Waals surface area contributed by atoms with Crippen molar-refractivity contribution in [3.8, 4) is 0 Å². The van der Waals surface area contributed by atoms with Crippen LogP contribution in [0.5, 0.6) is 0 Å². The average molecular weight is 302 g/mol. The van der Waals surface area contributed by atoms with Gasteiger partial charge in [-0.3, -0.25) is 4.79 Å². The van der Waals surface area contributed by atoms with Gasteiger partial charge in [0.05, 0.1) is 0 Å². The fraction of sp³-hybridized carbons (Fsp3) is 0.312. The fourth-order valence-electron chi connectivity index (χ4n) is 1.85. The molecule has 0 unspecified atom stereocenters. The molecule has 1 amide bonds. The second-order valence-corrected chi connectivity index (χ2v) is 4.88. The van der Waals surface area contributed by atoms with Gasteiger partial charge in [-0.1, -0.05) is 25.5 Å². The second-order valence-electron chi connectivity index (χ2n) is 4.88. The van der Waals surface area contributed by atoms with Crippen molar-refractivity contribution in [2.24, 2.45) is 0 Å².